The van der Waals surface area contributed by atoms with Crippen molar-refractivity contribution in [2.45, 2.75) is 24.7 Å². The quantitative estimate of drug-likeness (QED) is 0.606. The van der Waals surface area contributed by atoms with Crippen LogP contribution in [0.15, 0.2) is 45.7 Å². The van der Waals surface area contributed by atoms with Crippen LogP contribution in [0.4, 0.5) is 6.01 Å². The van der Waals surface area contributed by atoms with Crippen LogP contribution >= 0.6 is 22.9 Å². The highest BCUT2D eigenvalue weighted by atomic mass is 35.5. The smallest absolute Gasteiger partial charge is 0.322 e. The van der Waals surface area contributed by atoms with Crippen LogP contribution in [-0.2, 0) is 10.0 Å². The van der Waals surface area contributed by atoms with Gasteiger partial charge in [-0.05, 0) is 55.2 Å². The number of nitrogens with zero attached hydrogens (tertiary/aromatic N) is 3. The van der Waals surface area contributed by atoms with E-state index in [1.54, 1.807) is 12.1 Å². The van der Waals surface area contributed by atoms with Crippen LogP contribution in [0.2, 0.25) is 4.34 Å². The van der Waals surface area contributed by atoms with Gasteiger partial charge in [-0.15, -0.1) is 16.4 Å². The number of sulfonamides is 1. The molecule has 0 spiro atoms. The molecule has 1 fully saturated rings. The highest BCUT2D eigenvalue weighted by Crippen LogP contribution is 2.30. The Labute approximate surface area is 182 Å². The van der Waals surface area contributed by atoms with Crippen LogP contribution in [0.25, 0.3) is 10.8 Å². The van der Waals surface area contributed by atoms with E-state index >= 15 is 0 Å². The van der Waals surface area contributed by atoms with E-state index in [0.717, 1.165) is 12.8 Å². The topological polar surface area (TPSA) is 105 Å². The number of nitrogens with one attached hydrogen (secondary N) is 1. The number of amides is 1. The third kappa shape index (κ3) is 4.41. The number of aromatic nitrogens is 2. The van der Waals surface area contributed by atoms with Gasteiger partial charge in [0.2, 0.25) is 10.0 Å². The molecule has 3 aromatic rings. The summed E-state index contributed by atoms with van der Waals surface area (Å²) < 4.78 is 33.2. The van der Waals surface area contributed by atoms with E-state index in [1.165, 1.54) is 39.9 Å². The molecule has 30 heavy (non-hydrogen) atoms. The molecule has 0 saturated carbocycles. The molecule has 1 N–H and O–H groups in total. The number of hydrogen-bond donors (Lipinski definition) is 1. The first kappa shape index (κ1) is 21.0. The summed E-state index contributed by atoms with van der Waals surface area (Å²) in [5.41, 5.74) is 0.278. The summed E-state index contributed by atoms with van der Waals surface area (Å²) in [6.07, 6.45) is 1.88. The van der Waals surface area contributed by atoms with Crippen molar-refractivity contribution >= 4 is 44.9 Å². The lowest BCUT2D eigenvalue weighted by Crippen LogP contribution is -2.39. The molecule has 1 atom stereocenters. The number of hydrogen-bond acceptors (Lipinski definition) is 7. The molecule has 11 heteroatoms. The summed E-state index contributed by atoms with van der Waals surface area (Å²) in [6.45, 7) is 3.08. The van der Waals surface area contributed by atoms with Gasteiger partial charge in [-0.3, -0.25) is 10.1 Å². The van der Waals surface area contributed by atoms with Crippen molar-refractivity contribution in [1.29, 1.82) is 0 Å². The largest absolute Gasteiger partial charge is 0.402 e. The number of thiophene rings is 1. The van der Waals surface area contributed by atoms with Crippen molar-refractivity contribution in [3.63, 3.8) is 0 Å². The maximum atomic E-state index is 12.8. The van der Waals surface area contributed by atoms with Gasteiger partial charge in [-0.2, -0.15) is 4.31 Å². The molecule has 0 bridgehead atoms. The van der Waals surface area contributed by atoms with Gasteiger partial charge >= 0.3 is 6.01 Å². The van der Waals surface area contributed by atoms with Gasteiger partial charge in [0.15, 0.2) is 0 Å². The zero-order valence-electron chi connectivity index (χ0n) is 16.0. The minimum Gasteiger partial charge on any atom is -0.402 e. The highest BCUT2D eigenvalue weighted by molar-refractivity contribution is 7.89. The Morgan fingerprint density at radius 1 is 1.23 bits per heavy atom. The predicted molar refractivity (Wildman–Crippen MR) is 114 cm³/mol. The Balaban J connectivity index is 1.45. The van der Waals surface area contributed by atoms with Crippen molar-refractivity contribution in [2.75, 3.05) is 18.4 Å². The minimum absolute atomic E-state index is 0.0569. The molecule has 1 aliphatic heterocycles. The zero-order valence-corrected chi connectivity index (χ0v) is 18.4. The number of anilines is 1. The maximum absolute atomic E-state index is 12.8. The summed E-state index contributed by atoms with van der Waals surface area (Å²) in [5.74, 6) is 0.104. The first-order valence-electron chi connectivity index (χ1n) is 9.34. The number of halogens is 1. The fourth-order valence-electron chi connectivity index (χ4n) is 3.26. The molecule has 158 valence electrons. The van der Waals surface area contributed by atoms with Gasteiger partial charge < -0.3 is 4.42 Å². The lowest BCUT2D eigenvalue weighted by atomic mass is 10.0. The Hall–Kier alpha value is -2.27. The molecule has 1 aromatic carbocycles. The summed E-state index contributed by atoms with van der Waals surface area (Å²) >= 11 is 7.18. The van der Waals surface area contributed by atoms with Gasteiger partial charge in [-0.25, -0.2) is 8.42 Å². The normalized spacial score (nSPS) is 17.7. The number of benzene rings is 1. The lowest BCUT2D eigenvalue weighted by molar-refractivity contribution is 0.102. The Morgan fingerprint density at radius 3 is 2.67 bits per heavy atom. The second-order valence-electron chi connectivity index (χ2n) is 7.11. The molecular formula is C19H19ClN4O4S2. The van der Waals surface area contributed by atoms with Crippen molar-refractivity contribution in [3.05, 3.63) is 46.3 Å². The van der Waals surface area contributed by atoms with Crippen molar-refractivity contribution in [1.82, 2.24) is 14.5 Å². The van der Waals surface area contributed by atoms with Gasteiger partial charge in [0.25, 0.3) is 11.8 Å². The fourth-order valence-corrected chi connectivity index (χ4v) is 5.83. The monoisotopic (exact) mass is 466 g/mol. The lowest BCUT2D eigenvalue weighted by Gasteiger charge is -2.30. The summed E-state index contributed by atoms with van der Waals surface area (Å²) in [6, 6.07) is 9.21. The molecule has 1 saturated heterocycles. The van der Waals surface area contributed by atoms with Crippen LogP contribution < -0.4 is 5.32 Å². The summed E-state index contributed by atoms with van der Waals surface area (Å²) in [7, 11) is -3.57. The second kappa shape index (κ2) is 8.46. The third-order valence-corrected chi connectivity index (χ3v) is 7.90. The molecule has 2 aromatic heterocycles. The standard InChI is InChI=1S/C19H19ClN4O4S2/c1-12-3-2-10-24(11-12)30(26,27)14-6-4-13(5-7-14)17(25)21-19-23-22-18(28-19)15-8-9-16(20)29-15/h4-9,12H,2-3,10-11H2,1H3,(H,21,23,25)/t12-/m0/s1. The summed E-state index contributed by atoms with van der Waals surface area (Å²) in [4.78, 5) is 13.3. The first-order chi connectivity index (χ1) is 14.3. The van der Waals surface area contributed by atoms with Gasteiger partial charge in [0.05, 0.1) is 14.1 Å². The van der Waals surface area contributed by atoms with E-state index in [2.05, 4.69) is 15.5 Å². The third-order valence-electron chi connectivity index (χ3n) is 4.80. The van der Waals surface area contributed by atoms with Crippen molar-refractivity contribution in [3.8, 4) is 10.8 Å². The Kier molecular flexibility index (Phi) is 5.92. The molecule has 1 amide bonds. The molecule has 1 aliphatic rings. The van der Waals surface area contributed by atoms with E-state index in [-0.39, 0.29) is 22.4 Å². The van der Waals surface area contributed by atoms with Crippen LogP contribution in [0.3, 0.4) is 0 Å². The zero-order chi connectivity index (χ0) is 21.3. The van der Waals surface area contributed by atoms with Crippen molar-refractivity contribution in [2.24, 2.45) is 5.92 Å². The maximum Gasteiger partial charge on any atom is 0.322 e. The average Bonchev–Trinajstić information content (AvgIpc) is 3.37. The van der Waals surface area contributed by atoms with Gasteiger partial charge in [0, 0.05) is 18.7 Å². The van der Waals surface area contributed by atoms with Gasteiger partial charge in [0.1, 0.15) is 0 Å². The van der Waals surface area contributed by atoms with Crippen LogP contribution in [0.5, 0.6) is 0 Å². The molecule has 3 heterocycles. The van der Waals surface area contributed by atoms with Crippen LogP contribution in [-0.4, -0.2) is 41.9 Å². The molecule has 8 nitrogen and oxygen atoms in total. The van der Waals surface area contributed by atoms with Crippen molar-refractivity contribution < 1.29 is 17.6 Å². The molecular weight excluding hydrogens is 448 g/mol. The van der Waals surface area contributed by atoms with E-state index in [4.69, 9.17) is 16.0 Å². The van der Waals surface area contributed by atoms with Crippen LogP contribution in [0.1, 0.15) is 30.1 Å². The van der Waals surface area contributed by atoms with E-state index < -0.39 is 15.9 Å². The average molecular weight is 467 g/mol. The number of rotatable bonds is 5. The molecule has 0 aliphatic carbocycles. The molecule has 4 rings (SSSR count). The first-order valence-corrected chi connectivity index (χ1v) is 12.0. The van der Waals surface area contributed by atoms with E-state index in [9.17, 15) is 13.2 Å². The molecule has 0 unspecified atom stereocenters. The molecule has 0 radical (unpaired) electrons. The minimum atomic E-state index is -3.57. The summed E-state index contributed by atoms with van der Waals surface area (Å²) in [5, 5.41) is 10.2. The predicted octanol–water partition coefficient (Wildman–Crippen LogP) is 4.12. The number of carbonyl (C=O) groups is 1. The van der Waals surface area contributed by atoms with E-state index in [1.807, 2.05) is 6.92 Å². The fraction of sp³-hybridized carbons (Fsp3) is 0.316. The Bertz CT molecular complexity index is 1160. The number of carbonyl (C=O) groups excluding carboxylic acids is 1. The van der Waals surface area contributed by atoms with Crippen LogP contribution in [0, 0.1) is 5.92 Å². The van der Waals surface area contributed by atoms with Gasteiger partial charge in [-0.1, -0.05) is 23.6 Å². The Morgan fingerprint density at radius 2 is 2.00 bits per heavy atom. The highest BCUT2D eigenvalue weighted by Gasteiger charge is 2.28. The SMILES string of the molecule is C[C@H]1CCCN(S(=O)(=O)c2ccc(C(=O)Nc3nnc(-c4ccc(Cl)s4)o3)cc2)C1. The van der Waals surface area contributed by atoms with E-state index in [0.29, 0.717) is 28.2 Å². The second-order valence-corrected chi connectivity index (χ2v) is 10.8. The number of piperidine rings is 1.